The van der Waals surface area contributed by atoms with Gasteiger partial charge in [0.25, 0.3) is 5.56 Å². The van der Waals surface area contributed by atoms with Crippen molar-refractivity contribution < 1.29 is 31.1 Å². The van der Waals surface area contributed by atoms with Crippen LogP contribution >= 0.6 is 0 Å². The molecule has 1 aliphatic rings. The van der Waals surface area contributed by atoms with Crippen molar-refractivity contribution in [3.8, 4) is 0 Å². The number of rotatable bonds is 5. The van der Waals surface area contributed by atoms with Gasteiger partial charge in [0.05, 0.1) is 26.9 Å². The van der Waals surface area contributed by atoms with Crippen LogP contribution in [0.1, 0.15) is 34.6 Å². The van der Waals surface area contributed by atoms with E-state index in [1.807, 2.05) is 0 Å². The summed E-state index contributed by atoms with van der Waals surface area (Å²) in [5.41, 5.74) is -1.75. The van der Waals surface area contributed by atoms with Crippen LogP contribution in [0.3, 0.4) is 0 Å². The Morgan fingerprint density at radius 3 is 2.39 bits per heavy atom. The molecule has 1 aliphatic heterocycles. The number of fused-ring (bicyclic) bond motifs is 1. The monoisotopic (exact) mass is 481 g/mol. The fourth-order valence-corrected chi connectivity index (χ4v) is 5.01. The molecule has 0 unspecified atom stereocenters. The van der Waals surface area contributed by atoms with E-state index in [0.29, 0.717) is 13.1 Å². The molecule has 0 atom stereocenters. The maximum atomic E-state index is 12.9. The second-order valence-electron chi connectivity index (χ2n) is 7.45. The first-order chi connectivity index (χ1) is 15.6. The smallest absolute Gasteiger partial charge is 0.416 e. The molecule has 33 heavy (non-hydrogen) atoms. The number of carbonyl (C=O) groups is 1. The Labute approximate surface area is 186 Å². The number of ether oxygens (including phenoxy) is 1. The van der Waals surface area contributed by atoms with Crippen LogP contribution in [-0.2, 0) is 27.5 Å². The van der Waals surface area contributed by atoms with Gasteiger partial charge in [0.2, 0.25) is 10.0 Å². The summed E-state index contributed by atoms with van der Waals surface area (Å²) in [4.78, 5) is 30.8. The van der Waals surface area contributed by atoms with Gasteiger partial charge in [0.15, 0.2) is 0 Å². The SMILES string of the molecule is O=C(OCc1nc2cc(C(F)(F)F)ccc2c(=O)[nH]1)c1ccc(S(=O)(=O)N2CCCC2)cc1. The maximum Gasteiger partial charge on any atom is 0.416 e. The van der Waals surface area contributed by atoms with Crippen molar-refractivity contribution in [2.45, 2.75) is 30.5 Å². The van der Waals surface area contributed by atoms with Crippen LogP contribution in [0.4, 0.5) is 13.2 Å². The fraction of sp³-hybridized carbons (Fsp3) is 0.286. The molecule has 4 rings (SSSR count). The van der Waals surface area contributed by atoms with Crippen molar-refractivity contribution in [2.24, 2.45) is 0 Å². The highest BCUT2D eigenvalue weighted by Crippen LogP contribution is 2.30. The number of benzene rings is 2. The van der Waals surface area contributed by atoms with Crippen molar-refractivity contribution in [3.63, 3.8) is 0 Å². The number of aromatic nitrogens is 2. The predicted octanol–water partition coefficient (Wildman–Crippen LogP) is 3.08. The Hall–Kier alpha value is -3.25. The highest BCUT2D eigenvalue weighted by molar-refractivity contribution is 7.89. The number of aromatic amines is 1. The van der Waals surface area contributed by atoms with E-state index in [-0.39, 0.29) is 27.2 Å². The summed E-state index contributed by atoms with van der Waals surface area (Å²) < 4.78 is 70.3. The number of carbonyl (C=O) groups excluding carboxylic acids is 1. The van der Waals surface area contributed by atoms with E-state index in [1.54, 1.807) is 0 Å². The molecule has 0 saturated carbocycles. The van der Waals surface area contributed by atoms with E-state index in [4.69, 9.17) is 4.74 Å². The van der Waals surface area contributed by atoms with Crippen LogP contribution in [0.15, 0.2) is 52.2 Å². The van der Waals surface area contributed by atoms with Crippen LogP contribution < -0.4 is 5.56 Å². The van der Waals surface area contributed by atoms with Gasteiger partial charge in [-0.25, -0.2) is 18.2 Å². The summed E-state index contributed by atoms with van der Waals surface area (Å²) in [5, 5.41) is -0.0344. The lowest BCUT2D eigenvalue weighted by molar-refractivity contribution is -0.137. The molecule has 1 aromatic heterocycles. The third kappa shape index (κ3) is 4.76. The summed E-state index contributed by atoms with van der Waals surface area (Å²) >= 11 is 0. The topological polar surface area (TPSA) is 109 Å². The second kappa shape index (κ2) is 8.60. The zero-order valence-electron chi connectivity index (χ0n) is 17.1. The molecule has 12 heteroatoms. The van der Waals surface area contributed by atoms with Crippen molar-refractivity contribution in [2.75, 3.05) is 13.1 Å². The molecular weight excluding hydrogens is 463 g/mol. The number of nitrogens with one attached hydrogen (secondary N) is 1. The normalized spacial score (nSPS) is 15.1. The largest absolute Gasteiger partial charge is 0.454 e. The van der Waals surface area contributed by atoms with Crippen molar-refractivity contribution in [3.05, 3.63) is 69.8 Å². The standard InChI is InChI=1S/C21H18F3N3O5S/c22-21(23,24)14-5-8-16-17(11-14)25-18(26-19(16)28)12-32-20(29)13-3-6-15(7-4-13)33(30,31)27-9-1-2-10-27/h3-8,11H,1-2,9-10,12H2,(H,25,26,28). The third-order valence-electron chi connectivity index (χ3n) is 5.22. The van der Waals surface area contributed by atoms with E-state index in [2.05, 4.69) is 9.97 Å². The van der Waals surface area contributed by atoms with Crippen molar-refractivity contribution in [1.82, 2.24) is 14.3 Å². The molecule has 8 nitrogen and oxygen atoms in total. The molecule has 2 heterocycles. The first-order valence-electron chi connectivity index (χ1n) is 9.93. The molecular formula is C21H18F3N3O5S. The lowest BCUT2D eigenvalue weighted by Crippen LogP contribution is -2.27. The molecule has 0 spiro atoms. The first-order valence-corrected chi connectivity index (χ1v) is 11.4. The number of nitrogens with zero attached hydrogens (tertiary/aromatic N) is 2. The highest BCUT2D eigenvalue weighted by Gasteiger charge is 2.31. The molecule has 174 valence electrons. The fourth-order valence-electron chi connectivity index (χ4n) is 3.49. The van der Waals surface area contributed by atoms with Crippen LogP contribution in [0, 0.1) is 0 Å². The number of alkyl halides is 3. The van der Waals surface area contributed by atoms with Gasteiger partial charge in [-0.2, -0.15) is 17.5 Å². The quantitative estimate of drug-likeness (QED) is 0.561. The van der Waals surface area contributed by atoms with Gasteiger partial charge in [0.1, 0.15) is 12.4 Å². The summed E-state index contributed by atoms with van der Waals surface area (Å²) in [5.74, 6) is -0.944. The van der Waals surface area contributed by atoms with Gasteiger partial charge in [-0.05, 0) is 55.3 Å². The Morgan fingerprint density at radius 2 is 1.76 bits per heavy atom. The molecule has 1 N–H and O–H groups in total. The minimum absolute atomic E-state index is 0.0344. The molecule has 0 aliphatic carbocycles. The van der Waals surface area contributed by atoms with Gasteiger partial charge in [-0.15, -0.1) is 0 Å². The molecule has 0 amide bonds. The average Bonchev–Trinajstić information content (AvgIpc) is 3.32. The van der Waals surface area contributed by atoms with Crippen LogP contribution in [0.25, 0.3) is 10.9 Å². The number of hydrogen-bond acceptors (Lipinski definition) is 6. The van der Waals surface area contributed by atoms with E-state index < -0.39 is 39.9 Å². The van der Waals surface area contributed by atoms with Gasteiger partial charge in [-0.3, -0.25) is 4.79 Å². The van der Waals surface area contributed by atoms with Crippen molar-refractivity contribution >= 4 is 26.9 Å². The Bertz CT molecular complexity index is 1360. The van der Waals surface area contributed by atoms with E-state index in [0.717, 1.165) is 31.0 Å². The second-order valence-corrected chi connectivity index (χ2v) is 9.39. The lowest BCUT2D eigenvalue weighted by Gasteiger charge is -2.15. The average molecular weight is 481 g/mol. The van der Waals surface area contributed by atoms with Crippen LogP contribution in [0.5, 0.6) is 0 Å². The predicted molar refractivity (Wildman–Crippen MR) is 111 cm³/mol. The Morgan fingerprint density at radius 1 is 1.09 bits per heavy atom. The zero-order chi connectivity index (χ0) is 23.8. The van der Waals surface area contributed by atoms with E-state index in [9.17, 15) is 31.2 Å². The van der Waals surface area contributed by atoms with Gasteiger partial charge < -0.3 is 9.72 Å². The summed E-state index contributed by atoms with van der Waals surface area (Å²) in [6.45, 7) is 0.412. The molecule has 3 aromatic rings. The summed E-state index contributed by atoms with van der Waals surface area (Å²) in [6.07, 6.45) is -3.00. The zero-order valence-corrected chi connectivity index (χ0v) is 17.9. The molecule has 1 fully saturated rings. The minimum Gasteiger partial charge on any atom is -0.454 e. The molecule has 1 saturated heterocycles. The van der Waals surface area contributed by atoms with Crippen LogP contribution in [0.2, 0.25) is 0 Å². The number of H-pyrrole nitrogens is 1. The van der Waals surface area contributed by atoms with Gasteiger partial charge >= 0.3 is 12.1 Å². The van der Waals surface area contributed by atoms with E-state index >= 15 is 0 Å². The number of esters is 1. The van der Waals surface area contributed by atoms with Gasteiger partial charge in [0, 0.05) is 13.1 Å². The number of hydrogen-bond donors (Lipinski definition) is 1. The highest BCUT2D eigenvalue weighted by atomic mass is 32.2. The Kier molecular flexibility index (Phi) is 5.97. The number of halogens is 3. The summed E-state index contributed by atoms with van der Waals surface area (Å²) in [6, 6.07) is 7.77. The first kappa shape index (κ1) is 22.9. The minimum atomic E-state index is -4.60. The summed E-state index contributed by atoms with van der Waals surface area (Å²) in [7, 11) is -3.62. The lowest BCUT2D eigenvalue weighted by atomic mass is 10.1. The van der Waals surface area contributed by atoms with Crippen LogP contribution in [-0.4, -0.2) is 41.7 Å². The van der Waals surface area contributed by atoms with Gasteiger partial charge in [-0.1, -0.05) is 0 Å². The van der Waals surface area contributed by atoms with Crippen molar-refractivity contribution in [1.29, 1.82) is 0 Å². The molecule has 0 radical (unpaired) electrons. The Balaban J connectivity index is 1.48. The molecule has 0 bridgehead atoms. The maximum absolute atomic E-state index is 12.9. The third-order valence-corrected chi connectivity index (χ3v) is 7.13. The number of sulfonamides is 1. The molecule has 2 aromatic carbocycles. The van der Waals surface area contributed by atoms with E-state index in [1.165, 1.54) is 28.6 Å².